The zero-order valence-corrected chi connectivity index (χ0v) is 18.0. The average molecular weight is 448 g/mol. The highest BCUT2D eigenvalue weighted by atomic mass is 16.6. The van der Waals surface area contributed by atoms with Crippen LogP contribution < -0.4 is 19.7 Å². The summed E-state index contributed by atoms with van der Waals surface area (Å²) >= 11 is 0. The zero-order chi connectivity index (χ0) is 22.4. The molecule has 2 aromatic carbocycles. The molecule has 1 saturated heterocycles. The topological polar surface area (TPSA) is 94.9 Å². The number of hydrogen-bond acceptors (Lipinski definition) is 6. The third-order valence-electron chi connectivity index (χ3n) is 6.30. The lowest BCUT2D eigenvalue weighted by molar-refractivity contribution is -0.124. The van der Waals surface area contributed by atoms with Gasteiger partial charge in [0.05, 0.1) is 30.1 Å². The molecule has 33 heavy (non-hydrogen) atoms. The number of nitrogens with one attached hydrogen (secondary N) is 1. The zero-order valence-electron chi connectivity index (χ0n) is 18.0. The molecule has 2 atom stereocenters. The molecular weight excluding hydrogens is 424 g/mol. The monoisotopic (exact) mass is 448 g/mol. The van der Waals surface area contributed by atoms with Crippen molar-refractivity contribution in [1.82, 2.24) is 9.55 Å². The van der Waals surface area contributed by atoms with Crippen molar-refractivity contribution in [2.75, 3.05) is 36.6 Å². The van der Waals surface area contributed by atoms with Crippen LogP contribution in [0.1, 0.15) is 25.3 Å². The van der Waals surface area contributed by atoms with E-state index in [4.69, 9.17) is 19.2 Å². The number of para-hydroxylation sites is 2. The van der Waals surface area contributed by atoms with Gasteiger partial charge < -0.3 is 19.5 Å². The summed E-state index contributed by atoms with van der Waals surface area (Å²) in [5.74, 6) is 1.45. The number of hydrogen-bond donors (Lipinski definition) is 1. The van der Waals surface area contributed by atoms with Crippen LogP contribution in [0.5, 0.6) is 11.5 Å². The third kappa shape index (κ3) is 3.58. The summed E-state index contributed by atoms with van der Waals surface area (Å²) in [7, 11) is 0. The molecule has 0 radical (unpaired) electrons. The molecule has 2 unspecified atom stereocenters. The van der Waals surface area contributed by atoms with E-state index in [1.807, 2.05) is 28.8 Å². The highest BCUT2D eigenvalue weighted by Crippen LogP contribution is 2.38. The molecule has 9 heteroatoms. The first-order valence-electron chi connectivity index (χ1n) is 11.3. The number of nitrogens with zero attached hydrogens (tertiary/aromatic N) is 3. The Morgan fingerprint density at radius 2 is 1.94 bits per heavy atom. The maximum absolute atomic E-state index is 13.4. The van der Waals surface area contributed by atoms with E-state index in [1.54, 1.807) is 23.1 Å². The Hall–Kier alpha value is -3.59. The quantitative estimate of drug-likeness (QED) is 0.645. The average Bonchev–Trinajstić information content (AvgIpc) is 3.53. The Morgan fingerprint density at radius 1 is 1.09 bits per heavy atom. The maximum Gasteiger partial charge on any atom is 0.253 e. The van der Waals surface area contributed by atoms with Gasteiger partial charge in [0.2, 0.25) is 11.9 Å². The fraction of sp³-hybridized carbons (Fsp3) is 0.375. The first-order chi connectivity index (χ1) is 16.2. The van der Waals surface area contributed by atoms with Crippen LogP contribution in [0.25, 0.3) is 11.0 Å². The van der Waals surface area contributed by atoms with Gasteiger partial charge in [0.1, 0.15) is 19.3 Å². The minimum atomic E-state index is -0.661. The van der Waals surface area contributed by atoms with Crippen molar-refractivity contribution in [2.24, 2.45) is 0 Å². The summed E-state index contributed by atoms with van der Waals surface area (Å²) in [6.07, 6.45) is 1.90. The molecule has 0 bridgehead atoms. The summed E-state index contributed by atoms with van der Waals surface area (Å²) in [6, 6.07) is 12.3. The molecule has 1 N–H and O–H groups in total. The van der Waals surface area contributed by atoms with Crippen LogP contribution in [-0.4, -0.2) is 53.8 Å². The van der Waals surface area contributed by atoms with Gasteiger partial charge in [-0.15, -0.1) is 0 Å². The second-order valence-corrected chi connectivity index (χ2v) is 8.48. The molecule has 9 nitrogen and oxygen atoms in total. The predicted molar refractivity (Wildman–Crippen MR) is 121 cm³/mol. The molecule has 3 aromatic rings. The van der Waals surface area contributed by atoms with Crippen molar-refractivity contribution in [1.29, 1.82) is 0 Å². The lowest BCUT2D eigenvalue weighted by atomic mass is 10.1. The molecule has 0 spiro atoms. The molecule has 6 rings (SSSR count). The van der Waals surface area contributed by atoms with Crippen LogP contribution in [0.2, 0.25) is 0 Å². The minimum absolute atomic E-state index is 0.00263. The Balaban J connectivity index is 1.26. The van der Waals surface area contributed by atoms with Crippen molar-refractivity contribution in [3.8, 4) is 11.5 Å². The van der Waals surface area contributed by atoms with Crippen molar-refractivity contribution >= 4 is 34.5 Å². The molecule has 1 fully saturated rings. The number of anilines is 2. The van der Waals surface area contributed by atoms with Gasteiger partial charge in [0.15, 0.2) is 11.5 Å². The molecule has 4 heterocycles. The van der Waals surface area contributed by atoms with E-state index < -0.39 is 6.04 Å². The molecule has 3 aliphatic rings. The smallest absolute Gasteiger partial charge is 0.253 e. The van der Waals surface area contributed by atoms with Crippen molar-refractivity contribution < 1.29 is 23.8 Å². The lowest BCUT2D eigenvalue weighted by Gasteiger charge is -2.20. The SMILES string of the molecule is O=C(CC1C(=O)N(CC2CCCO2)c2nc3ccccc3n21)Nc1ccc2c(c1)OCCO2. The minimum Gasteiger partial charge on any atom is -0.486 e. The highest BCUT2D eigenvalue weighted by molar-refractivity contribution is 6.05. The van der Waals surface area contributed by atoms with Gasteiger partial charge in [0.25, 0.3) is 5.91 Å². The number of ether oxygens (including phenoxy) is 3. The van der Waals surface area contributed by atoms with Crippen molar-refractivity contribution in [3.63, 3.8) is 0 Å². The first-order valence-corrected chi connectivity index (χ1v) is 11.3. The van der Waals surface area contributed by atoms with Crippen molar-refractivity contribution in [3.05, 3.63) is 42.5 Å². The van der Waals surface area contributed by atoms with E-state index in [2.05, 4.69) is 5.32 Å². The molecule has 2 amide bonds. The van der Waals surface area contributed by atoms with E-state index in [9.17, 15) is 9.59 Å². The van der Waals surface area contributed by atoms with E-state index in [0.717, 1.165) is 23.9 Å². The summed E-state index contributed by atoms with van der Waals surface area (Å²) < 4.78 is 18.8. The summed E-state index contributed by atoms with van der Waals surface area (Å²) in [4.78, 5) is 32.8. The summed E-state index contributed by atoms with van der Waals surface area (Å²) in [5.41, 5.74) is 2.24. The van der Waals surface area contributed by atoms with Crippen molar-refractivity contribution in [2.45, 2.75) is 31.4 Å². The number of carbonyl (C=O) groups excluding carboxylic acids is 2. The van der Waals surface area contributed by atoms with Gasteiger partial charge in [-0.2, -0.15) is 0 Å². The van der Waals surface area contributed by atoms with Gasteiger partial charge in [-0.25, -0.2) is 4.98 Å². The molecule has 1 aromatic heterocycles. The van der Waals surface area contributed by atoms with Crippen LogP contribution in [0.4, 0.5) is 11.6 Å². The van der Waals surface area contributed by atoms with Crippen LogP contribution in [0.15, 0.2) is 42.5 Å². The summed E-state index contributed by atoms with van der Waals surface area (Å²) in [6.45, 7) is 2.14. The Labute approximate surface area is 190 Å². The van der Waals surface area contributed by atoms with Crippen LogP contribution in [0, 0.1) is 0 Å². The number of imidazole rings is 1. The molecule has 3 aliphatic heterocycles. The van der Waals surface area contributed by atoms with Gasteiger partial charge >= 0.3 is 0 Å². The van der Waals surface area contributed by atoms with E-state index in [0.29, 0.717) is 49.5 Å². The first kappa shape index (κ1) is 20.0. The molecule has 170 valence electrons. The molecule has 0 aliphatic carbocycles. The Morgan fingerprint density at radius 3 is 2.79 bits per heavy atom. The Bertz CT molecular complexity index is 1230. The standard InChI is InChI=1S/C24H24N4O5/c29-22(25-15-7-8-20-21(12-15)33-11-10-32-20)13-19-23(30)27(14-16-4-3-9-31-16)24-26-17-5-1-2-6-18(17)28(19)24/h1-2,5-8,12,16,19H,3-4,9-11,13-14H2,(H,25,29). The Kier molecular flexibility index (Phi) is 4.91. The third-order valence-corrected chi connectivity index (χ3v) is 6.30. The number of fused-ring (bicyclic) bond motifs is 4. The molecular formula is C24H24N4O5. The second-order valence-electron chi connectivity index (χ2n) is 8.48. The lowest BCUT2D eigenvalue weighted by Crippen LogP contribution is -2.37. The van der Waals surface area contributed by atoms with Crippen LogP contribution in [0.3, 0.4) is 0 Å². The van der Waals surface area contributed by atoms with E-state index >= 15 is 0 Å². The van der Waals surface area contributed by atoms with Gasteiger partial charge in [-0.05, 0) is 37.1 Å². The number of amides is 2. The fourth-order valence-electron chi connectivity index (χ4n) is 4.77. The maximum atomic E-state index is 13.4. The van der Waals surface area contributed by atoms with Crippen LogP contribution >= 0.6 is 0 Å². The van der Waals surface area contributed by atoms with Gasteiger partial charge in [0, 0.05) is 18.4 Å². The number of aromatic nitrogens is 2. The largest absolute Gasteiger partial charge is 0.486 e. The number of rotatable bonds is 5. The van der Waals surface area contributed by atoms with Gasteiger partial charge in [-0.3, -0.25) is 19.1 Å². The highest BCUT2D eigenvalue weighted by Gasteiger charge is 2.42. The number of benzene rings is 2. The second kappa shape index (κ2) is 8.08. The molecule has 0 saturated carbocycles. The predicted octanol–water partition coefficient (Wildman–Crippen LogP) is 2.90. The normalized spacial score (nSPS) is 21.5. The fourth-order valence-corrected chi connectivity index (χ4v) is 4.77. The number of carbonyl (C=O) groups is 2. The van der Waals surface area contributed by atoms with E-state index in [1.165, 1.54) is 0 Å². The van der Waals surface area contributed by atoms with E-state index in [-0.39, 0.29) is 24.3 Å². The van der Waals surface area contributed by atoms with Crippen LogP contribution in [-0.2, 0) is 14.3 Å². The summed E-state index contributed by atoms with van der Waals surface area (Å²) in [5, 5.41) is 2.89. The van der Waals surface area contributed by atoms with Gasteiger partial charge in [-0.1, -0.05) is 12.1 Å².